The van der Waals surface area contributed by atoms with Crippen molar-refractivity contribution in [2.75, 3.05) is 14.1 Å². The van der Waals surface area contributed by atoms with E-state index in [4.69, 9.17) is 5.11 Å². The topological polar surface area (TPSA) is 62.0 Å². The fraction of sp³-hybridized carbons (Fsp3) is 0.444. The Morgan fingerprint density at radius 1 is 1.38 bits per heavy atom. The van der Waals surface area contributed by atoms with Gasteiger partial charge in [-0.25, -0.2) is 4.79 Å². The first-order chi connectivity index (χ1) is 6.17. The molecule has 0 atom stereocenters. The average molecular weight is 180 g/mol. The second-order valence-corrected chi connectivity index (χ2v) is 2.83. The lowest BCUT2D eigenvalue weighted by Crippen LogP contribution is -2.18. The fourth-order valence-corrected chi connectivity index (χ4v) is 1.23. The van der Waals surface area contributed by atoms with E-state index in [1.165, 1.54) is 0 Å². The molecule has 0 aromatic heterocycles. The van der Waals surface area contributed by atoms with Gasteiger partial charge < -0.3 is 5.11 Å². The van der Waals surface area contributed by atoms with Crippen LogP contribution < -0.4 is 0 Å². The highest BCUT2D eigenvalue weighted by molar-refractivity contribution is 6.17. The van der Waals surface area contributed by atoms with Gasteiger partial charge in [-0.1, -0.05) is 0 Å². The maximum absolute atomic E-state index is 10.7. The SMILES string of the molecule is CN=C1C=C(C(=O)O)CC(=NC)C1. The molecule has 0 saturated carbocycles. The minimum Gasteiger partial charge on any atom is -0.478 e. The first-order valence-corrected chi connectivity index (χ1v) is 4.01. The molecule has 0 saturated heterocycles. The second-order valence-electron chi connectivity index (χ2n) is 2.83. The van der Waals surface area contributed by atoms with Gasteiger partial charge in [0.15, 0.2) is 0 Å². The first-order valence-electron chi connectivity index (χ1n) is 4.01. The number of hydrogen-bond donors (Lipinski definition) is 1. The molecule has 0 spiro atoms. The summed E-state index contributed by atoms with van der Waals surface area (Å²) in [5.74, 6) is -0.887. The van der Waals surface area contributed by atoms with Crippen LogP contribution in [0.1, 0.15) is 12.8 Å². The molecule has 13 heavy (non-hydrogen) atoms. The van der Waals surface area contributed by atoms with Crippen molar-refractivity contribution in [2.45, 2.75) is 12.8 Å². The third kappa shape index (κ3) is 2.24. The molecular weight excluding hydrogens is 168 g/mol. The van der Waals surface area contributed by atoms with Crippen LogP contribution in [0.25, 0.3) is 0 Å². The number of aliphatic imine (C=N–C) groups is 2. The van der Waals surface area contributed by atoms with Gasteiger partial charge in [0, 0.05) is 43.9 Å². The second kappa shape index (κ2) is 3.98. The fourth-order valence-electron chi connectivity index (χ4n) is 1.23. The molecule has 0 amide bonds. The van der Waals surface area contributed by atoms with E-state index in [1.807, 2.05) is 0 Å². The predicted octanol–water partition coefficient (Wildman–Crippen LogP) is 0.933. The average Bonchev–Trinajstić information content (AvgIpc) is 2.16. The number of carbonyl (C=O) groups is 1. The molecule has 0 bridgehead atoms. The zero-order valence-electron chi connectivity index (χ0n) is 7.74. The van der Waals surface area contributed by atoms with Crippen LogP contribution in [-0.4, -0.2) is 36.6 Å². The van der Waals surface area contributed by atoms with Crippen molar-refractivity contribution < 1.29 is 9.90 Å². The smallest absolute Gasteiger partial charge is 0.332 e. The van der Waals surface area contributed by atoms with Crippen molar-refractivity contribution in [2.24, 2.45) is 9.98 Å². The molecule has 4 nitrogen and oxygen atoms in total. The molecule has 70 valence electrons. The Kier molecular flexibility index (Phi) is 2.95. The Balaban J connectivity index is 2.98. The number of hydrogen-bond acceptors (Lipinski definition) is 3. The highest BCUT2D eigenvalue weighted by Gasteiger charge is 2.18. The predicted molar refractivity (Wildman–Crippen MR) is 51.7 cm³/mol. The molecule has 0 fully saturated rings. The van der Waals surface area contributed by atoms with Gasteiger partial charge >= 0.3 is 5.97 Å². The van der Waals surface area contributed by atoms with Gasteiger partial charge in [0.2, 0.25) is 0 Å². The largest absolute Gasteiger partial charge is 0.478 e. The lowest BCUT2D eigenvalue weighted by molar-refractivity contribution is -0.132. The van der Waals surface area contributed by atoms with Gasteiger partial charge in [0.1, 0.15) is 0 Å². The van der Waals surface area contributed by atoms with Gasteiger partial charge in [-0.15, -0.1) is 0 Å². The molecule has 1 aliphatic rings. The van der Waals surface area contributed by atoms with Gasteiger partial charge in [-0.05, 0) is 6.08 Å². The van der Waals surface area contributed by atoms with E-state index in [-0.39, 0.29) is 0 Å². The van der Waals surface area contributed by atoms with Gasteiger partial charge in [-0.3, -0.25) is 9.98 Å². The van der Waals surface area contributed by atoms with E-state index in [9.17, 15) is 4.79 Å². The van der Waals surface area contributed by atoms with Gasteiger partial charge in [0.05, 0.1) is 0 Å². The van der Waals surface area contributed by atoms with E-state index >= 15 is 0 Å². The lowest BCUT2D eigenvalue weighted by Gasteiger charge is -2.12. The lowest BCUT2D eigenvalue weighted by atomic mass is 9.96. The van der Waals surface area contributed by atoms with E-state index in [1.54, 1.807) is 20.2 Å². The van der Waals surface area contributed by atoms with Gasteiger partial charge in [-0.2, -0.15) is 0 Å². The Labute approximate surface area is 76.7 Å². The third-order valence-corrected chi connectivity index (χ3v) is 2.00. The Hall–Kier alpha value is -1.45. The highest BCUT2D eigenvalue weighted by Crippen LogP contribution is 2.14. The number of carboxylic acids is 1. The number of nitrogens with zero attached hydrogens (tertiary/aromatic N) is 2. The van der Waals surface area contributed by atoms with Crippen molar-refractivity contribution in [3.05, 3.63) is 11.6 Å². The van der Waals surface area contributed by atoms with Crippen molar-refractivity contribution in [1.29, 1.82) is 0 Å². The molecule has 1 rings (SSSR count). The van der Waals surface area contributed by atoms with Crippen molar-refractivity contribution >= 4 is 17.4 Å². The molecule has 1 N–H and O–H groups in total. The number of allylic oxidation sites excluding steroid dienone is 1. The highest BCUT2D eigenvalue weighted by atomic mass is 16.4. The molecule has 0 unspecified atom stereocenters. The van der Waals surface area contributed by atoms with Crippen LogP contribution >= 0.6 is 0 Å². The molecule has 0 heterocycles. The Morgan fingerprint density at radius 2 is 2.08 bits per heavy atom. The molecule has 0 aromatic carbocycles. The van der Waals surface area contributed by atoms with Crippen LogP contribution in [0, 0.1) is 0 Å². The Morgan fingerprint density at radius 3 is 2.54 bits per heavy atom. The van der Waals surface area contributed by atoms with Crippen molar-refractivity contribution in [3.63, 3.8) is 0 Å². The van der Waals surface area contributed by atoms with Crippen LogP contribution in [-0.2, 0) is 4.79 Å². The van der Waals surface area contributed by atoms with Crippen LogP contribution in [0.3, 0.4) is 0 Å². The molecule has 0 radical (unpaired) electrons. The summed E-state index contributed by atoms with van der Waals surface area (Å²) in [6, 6.07) is 0. The summed E-state index contributed by atoms with van der Waals surface area (Å²) >= 11 is 0. The summed E-state index contributed by atoms with van der Waals surface area (Å²) in [5.41, 5.74) is 2.03. The van der Waals surface area contributed by atoms with E-state index in [0.717, 1.165) is 11.4 Å². The van der Waals surface area contributed by atoms with Gasteiger partial charge in [0.25, 0.3) is 0 Å². The van der Waals surface area contributed by atoms with Crippen LogP contribution in [0.2, 0.25) is 0 Å². The zero-order chi connectivity index (χ0) is 9.84. The minimum absolute atomic E-state index is 0.368. The quantitative estimate of drug-likeness (QED) is 0.652. The Bertz CT molecular complexity index is 314. The van der Waals surface area contributed by atoms with Crippen LogP contribution in [0.5, 0.6) is 0 Å². The molecule has 0 aromatic rings. The van der Waals surface area contributed by atoms with Crippen LogP contribution in [0.4, 0.5) is 0 Å². The van der Waals surface area contributed by atoms with Crippen LogP contribution in [0.15, 0.2) is 21.6 Å². The maximum Gasteiger partial charge on any atom is 0.332 e. The summed E-state index contributed by atoms with van der Waals surface area (Å²) in [5, 5.41) is 8.79. The normalized spacial score (nSPS) is 23.4. The van der Waals surface area contributed by atoms with E-state index < -0.39 is 5.97 Å². The number of carboxylic acid groups (broad SMARTS) is 1. The third-order valence-electron chi connectivity index (χ3n) is 2.00. The van der Waals surface area contributed by atoms with Crippen molar-refractivity contribution in [3.8, 4) is 0 Å². The summed E-state index contributed by atoms with van der Waals surface area (Å²) in [6.45, 7) is 0. The first kappa shape index (κ1) is 9.64. The van der Waals surface area contributed by atoms with E-state index in [2.05, 4.69) is 9.98 Å². The maximum atomic E-state index is 10.7. The summed E-state index contributed by atoms with van der Waals surface area (Å²) in [6.07, 6.45) is 2.73. The molecular formula is C9H12N2O2. The number of rotatable bonds is 1. The van der Waals surface area contributed by atoms with Crippen molar-refractivity contribution in [1.82, 2.24) is 0 Å². The molecule has 1 aliphatic carbocycles. The summed E-state index contributed by atoms with van der Waals surface area (Å²) in [4.78, 5) is 18.7. The number of aliphatic carboxylic acids is 1. The zero-order valence-corrected chi connectivity index (χ0v) is 7.74. The summed E-state index contributed by atoms with van der Waals surface area (Å²) < 4.78 is 0. The minimum atomic E-state index is -0.887. The standard InChI is InChI=1S/C9H12N2O2/c1-10-7-3-6(9(12)13)4-8(5-7)11-2/h3H,4-5H2,1-2H3,(H,12,13). The summed E-state index contributed by atoms with van der Waals surface area (Å²) in [7, 11) is 3.33. The molecule has 0 aliphatic heterocycles. The van der Waals surface area contributed by atoms with E-state index in [0.29, 0.717) is 18.4 Å². The molecule has 4 heteroatoms. The monoisotopic (exact) mass is 180 g/mol.